The van der Waals surface area contributed by atoms with E-state index in [0.29, 0.717) is 0 Å². The van der Waals surface area contributed by atoms with Gasteiger partial charge in [0.2, 0.25) is 5.69 Å². The van der Waals surface area contributed by atoms with Crippen LogP contribution in [-0.2, 0) is 13.6 Å². The molecule has 0 atom stereocenters. The number of nitro groups is 1. The van der Waals surface area contributed by atoms with Gasteiger partial charge in [-0.25, -0.2) is 17.6 Å². The summed E-state index contributed by atoms with van der Waals surface area (Å²) in [5.74, 6) is -7.38. The molecule has 0 unspecified atom stereocenters. The van der Waals surface area contributed by atoms with E-state index in [2.05, 4.69) is 15.5 Å². The maximum atomic E-state index is 13.7. The van der Waals surface area contributed by atoms with E-state index in [1.54, 1.807) is 0 Å². The lowest BCUT2D eigenvalue weighted by Crippen LogP contribution is -2.14. The van der Waals surface area contributed by atoms with Gasteiger partial charge in [0.05, 0.1) is 23.4 Å². The van der Waals surface area contributed by atoms with E-state index in [1.165, 1.54) is 7.05 Å². The van der Waals surface area contributed by atoms with Crippen molar-refractivity contribution in [2.24, 2.45) is 7.05 Å². The molecule has 3 rings (SSSR count). The number of amides is 1. The summed E-state index contributed by atoms with van der Waals surface area (Å²) in [6.07, 6.45) is 3.29. The molecule has 1 aromatic carbocycles. The van der Waals surface area contributed by atoms with E-state index in [-0.39, 0.29) is 11.8 Å². The molecule has 0 bridgehead atoms. The van der Waals surface area contributed by atoms with Crippen LogP contribution in [0.3, 0.4) is 0 Å². The SMILES string of the molecule is Cn1cc([N+](=O)[O-])c(C(=O)Nc2cnn(Cc3c(F)cc(F)c(F)c3F)c2)n1. The number of benzene rings is 1. The van der Waals surface area contributed by atoms with Crippen molar-refractivity contribution in [1.29, 1.82) is 0 Å². The van der Waals surface area contributed by atoms with Gasteiger partial charge in [-0.1, -0.05) is 0 Å². The first-order valence-corrected chi connectivity index (χ1v) is 7.51. The van der Waals surface area contributed by atoms with Crippen LogP contribution in [0.25, 0.3) is 0 Å². The van der Waals surface area contributed by atoms with Crippen LogP contribution < -0.4 is 5.32 Å². The Bertz CT molecular complexity index is 1090. The van der Waals surface area contributed by atoms with Crippen molar-refractivity contribution >= 4 is 17.3 Å². The van der Waals surface area contributed by atoms with Crippen molar-refractivity contribution < 1.29 is 27.3 Å². The zero-order chi connectivity index (χ0) is 20.6. The third-order valence-electron chi connectivity index (χ3n) is 3.64. The Morgan fingerprint density at radius 1 is 1.21 bits per heavy atom. The number of halogens is 4. The van der Waals surface area contributed by atoms with Gasteiger partial charge >= 0.3 is 5.69 Å². The summed E-state index contributed by atoms with van der Waals surface area (Å²) in [5.41, 5.74) is -1.69. The van der Waals surface area contributed by atoms with Crippen molar-refractivity contribution in [3.8, 4) is 0 Å². The first-order valence-electron chi connectivity index (χ1n) is 7.51. The number of anilines is 1. The molecule has 0 fully saturated rings. The van der Waals surface area contributed by atoms with Crippen molar-refractivity contribution in [3.63, 3.8) is 0 Å². The van der Waals surface area contributed by atoms with E-state index in [9.17, 15) is 32.5 Å². The predicted octanol–water partition coefficient (Wildman–Crippen LogP) is 2.38. The molecular formula is C15H10F4N6O3. The maximum Gasteiger partial charge on any atom is 0.320 e. The lowest BCUT2D eigenvalue weighted by atomic mass is 10.2. The molecule has 0 aliphatic heterocycles. The van der Waals surface area contributed by atoms with E-state index >= 15 is 0 Å². The lowest BCUT2D eigenvalue weighted by Gasteiger charge is -2.06. The molecule has 3 aromatic rings. The van der Waals surface area contributed by atoms with Crippen molar-refractivity contribution in [2.45, 2.75) is 6.54 Å². The van der Waals surface area contributed by atoms with Gasteiger partial charge in [-0.15, -0.1) is 0 Å². The Kier molecular flexibility index (Phi) is 4.81. The molecule has 1 N–H and O–H groups in total. The molecule has 28 heavy (non-hydrogen) atoms. The molecule has 1 amide bonds. The van der Waals surface area contributed by atoms with E-state index in [1.807, 2.05) is 0 Å². The van der Waals surface area contributed by atoms with Crippen LogP contribution in [0.2, 0.25) is 0 Å². The number of hydrogen-bond donors (Lipinski definition) is 1. The van der Waals surface area contributed by atoms with Crippen LogP contribution in [0.15, 0.2) is 24.7 Å². The maximum absolute atomic E-state index is 13.7. The number of rotatable bonds is 5. The van der Waals surface area contributed by atoms with Crippen molar-refractivity contribution in [2.75, 3.05) is 5.32 Å². The molecular weight excluding hydrogens is 388 g/mol. The zero-order valence-corrected chi connectivity index (χ0v) is 14.0. The molecule has 2 aromatic heterocycles. The van der Waals surface area contributed by atoms with Crippen LogP contribution in [-0.4, -0.2) is 30.4 Å². The molecule has 0 aliphatic carbocycles. The summed E-state index contributed by atoms with van der Waals surface area (Å²) in [6, 6.07) is 0.208. The van der Waals surface area contributed by atoms with Crippen LogP contribution >= 0.6 is 0 Å². The molecule has 0 aliphatic rings. The monoisotopic (exact) mass is 398 g/mol. The fraction of sp³-hybridized carbons (Fsp3) is 0.133. The topological polar surface area (TPSA) is 108 Å². The quantitative estimate of drug-likeness (QED) is 0.233. The van der Waals surface area contributed by atoms with Gasteiger partial charge in [0.1, 0.15) is 12.0 Å². The normalized spacial score (nSPS) is 10.9. The molecule has 0 saturated heterocycles. The minimum absolute atomic E-state index is 0.0355. The Hall–Kier alpha value is -3.77. The second kappa shape index (κ2) is 7.09. The minimum atomic E-state index is -1.82. The van der Waals surface area contributed by atoms with Gasteiger partial charge in [0, 0.05) is 24.9 Å². The average Bonchev–Trinajstić information content (AvgIpc) is 3.23. The van der Waals surface area contributed by atoms with Crippen molar-refractivity contribution in [3.05, 3.63) is 69.3 Å². The second-order valence-electron chi connectivity index (χ2n) is 5.62. The Labute approximate surface area is 153 Å². The van der Waals surface area contributed by atoms with E-state index in [0.717, 1.165) is 28.0 Å². The van der Waals surface area contributed by atoms with Gasteiger partial charge in [0.15, 0.2) is 17.5 Å². The predicted molar refractivity (Wildman–Crippen MR) is 85.4 cm³/mol. The molecule has 13 heteroatoms. The fourth-order valence-electron chi connectivity index (χ4n) is 2.39. The number of aryl methyl sites for hydroxylation is 1. The van der Waals surface area contributed by atoms with Gasteiger partial charge in [-0.05, 0) is 0 Å². The largest absolute Gasteiger partial charge is 0.320 e. The highest BCUT2D eigenvalue weighted by molar-refractivity contribution is 6.05. The number of hydrogen-bond acceptors (Lipinski definition) is 5. The smallest absolute Gasteiger partial charge is 0.318 e. The first-order chi connectivity index (χ1) is 13.2. The highest BCUT2D eigenvalue weighted by Gasteiger charge is 2.25. The summed E-state index contributed by atoms with van der Waals surface area (Å²) < 4.78 is 55.7. The average molecular weight is 398 g/mol. The van der Waals surface area contributed by atoms with Crippen LogP contribution in [0.4, 0.5) is 28.9 Å². The summed E-state index contributed by atoms with van der Waals surface area (Å²) >= 11 is 0. The summed E-state index contributed by atoms with van der Waals surface area (Å²) in [4.78, 5) is 22.3. The Balaban J connectivity index is 1.80. The van der Waals surface area contributed by atoms with Gasteiger partial charge < -0.3 is 5.32 Å². The standard InChI is InChI=1S/C15H10F4N6O3/c1-23-6-11(25(27)28)14(22-23)15(26)21-7-3-20-24(4-7)5-8-9(16)2-10(17)13(19)12(8)18/h2-4,6H,5H2,1H3,(H,21,26). The second-order valence-corrected chi connectivity index (χ2v) is 5.62. The van der Waals surface area contributed by atoms with Gasteiger partial charge in [0.25, 0.3) is 5.91 Å². The number of carbonyl (C=O) groups excluding carboxylic acids is 1. The number of carbonyl (C=O) groups is 1. The third kappa shape index (κ3) is 3.54. The number of nitrogens with zero attached hydrogens (tertiary/aromatic N) is 5. The summed E-state index contributed by atoms with van der Waals surface area (Å²) in [6.45, 7) is -0.589. The third-order valence-corrected chi connectivity index (χ3v) is 3.64. The molecule has 146 valence electrons. The Morgan fingerprint density at radius 3 is 2.61 bits per heavy atom. The first kappa shape index (κ1) is 19.0. The minimum Gasteiger partial charge on any atom is -0.318 e. The lowest BCUT2D eigenvalue weighted by molar-refractivity contribution is -0.385. The summed E-state index contributed by atoms with van der Waals surface area (Å²) in [7, 11) is 1.40. The van der Waals surface area contributed by atoms with Crippen LogP contribution in [0.1, 0.15) is 16.1 Å². The molecule has 0 radical (unpaired) electrons. The number of aromatic nitrogens is 4. The fourth-order valence-corrected chi connectivity index (χ4v) is 2.39. The Morgan fingerprint density at radius 2 is 1.93 bits per heavy atom. The van der Waals surface area contributed by atoms with Crippen molar-refractivity contribution in [1.82, 2.24) is 19.6 Å². The van der Waals surface area contributed by atoms with Crippen LogP contribution in [0.5, 0.6) is 0 Å². The highest BCUT2D eigenvalue weighted by Crippen LogP contribution is 2.21. The molecule has 0 saturated carbocycles. The summed E-state index contributed by atoms with van der Waals surface area (Å²) in [5, 5.41) is 20.7. The molecule has 9 nitrogen and oxygen atoms in total. The van der Waals surface area contributed by atoms with Gasteiger partial charge in [-0.3, -0.25) is 24.3 Å². The van der Waals surface area contributed by atoms with Crippen LogP contribution in [0, 0.1) is 33.4 Å². The molecule has 2 heterocycles. The van der Waals surface area contributed by atoms with E-state index < -0.39 is 57.6 Å². The highest BCUT2D eigenvalue weighted by atomic mass is 19.2. The van der Waals surface area contributed by atoms with E-state index in [4.69, 9.17) is 0 Å². The number of nitrogens with one attached hydrogen (secondary N) is 1. The molecule has 0 spiro atoms. The zero-order valence-electron chi connectivity index (χ0n) is 14.0. The van der Waals surface area contributed by atoms with Gasteiger partial charge in [-0.2, -0.15) is 10.2 Å².